The first-order valence-electron chi connectivity index (χ1n) is 6.12. The molecule has 1 aromatic carbocycles. The fourth-order valence-electron chi connectivity index (χ4n) is 1.67. The minimum absolute atomic E-state index is 0.135. The molecule has 0 aromatic heterocycles. The van der Waals surface area contributed by atoms with E-state index < -0.39 is 17.9 Å². The van der Waals surface area contributed by atoms with E-state index >= 15 is 0 Å². The number of carbonyl (C=O) groups is 2. The molecule has 0 fully saturated rings. The van der Waals surface area contributed by atoms with Crippen molar-refractivity contribution in [1.82, 2.24) is 10.7 Å². The molecule has 3 N–H and O–H groups in total. The number of nitrogens with zero attached hydrogens (tertiary/aromatic N) is 2. The van der Waals surface area contributed by atoms with E-state index in [9.17, 15) is 9.59 Å². The van der Waals surface area contributed by atoms with Crippen LogP contribution in [-0.4, -0.2) is 42.3 Å². The van der Waals surface area contributed by atoms with Gasteiger partial charge < -0.3 is 9.84 Å². The number of rotatable bonds is 5. The summed E-state index contributed by atoms with van der Waals surface area (Å²) in [5.41, 5.74) is 3.38. The Morgan fingerprint density at radius 3 is 2.86 bits per heavy atom. The first kappa shape index (κ1) is 14.5. The first-order chi connectivity index (χ1) is 10.1. The van der Waals surface area contributed by atoms with Crippen molar-refractivity contribution >= 4 is 24.1 Å². The number of hydrogen-bond acceptors (Lipinski definition) is 6. The van der Waals surface area contributed by atoms with Gasteiger partial charge in [0.15, 0.2) is 0 Å². The number of amides is 1. The van der Waals surface area contributed by atoms with Crippen molar-refractivity contribution in [3.05, 3.63) is 29.8 Å². The van der Waals surface area contributed by atoms with E-state index in [1.165, 1.54) is 0 Å². The van der Waals surface area contributed by atoms with Gasteiger partial charge in [0.1, 0.15) is 11.8 Å². The summed E-state index contributed by atoms with van der Waals surface area (Å²) >= 11 is 0. The number of carboxylic acid groups (broad SMARTS) is 1. The smallest absolute Gasteiger partial charge is 0.306 e. The Morgan fingerprint density at radius 1 is 1.52 bits per heavy atom. The number of aliphatic imine (C=N–C) groups is 1. The molecule has 0 bridgehead atoms. The quantitative estimate of drug-likeness (QED) is 0.520. The number of hydrogen-bond donors (Lipinski definition) is 3. The lowest BCUT2D eigenvalue weighted by molar-refractivity contribution is -0.139. The van der Waals surface area contributed by atoms with Crippen LogP contribution in [0.1, 0.15) is 12.0 Å². The summed E-state index contributed by atoms with van der Waals surface area (Å²) in [6.45, 7) is 0. The van der Waals surface area contributed by atoms with E-state index in [1.807, 2.05) is 12.1 Å². The molecule has 0 aliphatic carbocycles. The number of methoxy groups -OCH3 is 1. The van der Waals surface area contributed by atoms with Gasteiger partial charge in [0.2, 0.25) is 5.96 Å². The molecule has 1 aliphatic heterocycles. The van der Waals surface area contributed by atoms with Gasteiger partial charge in [0.25, 0.3) is 5.91 Å². The molecule has 1 aliphatic rings. The summed E-state index contributed by atoms with van der Waals surface area (Å²) in [5.74, 6) is -0.665. The van der Waals surface area contributed by atoms with Gasteiger partial charge >= 0.3 is 5.97 Å². The number of hydrazone groups is 1. The fraction of sp³-hybridized carbons (Fsp3) is 0.231. The molecule has 1 atom stereocenters. The van der Waals surface area contributed by atoms with Crippen LogP contribution in [0.2, 0.25) is 0 Å². The Balaban J connectivity index is 1.91. The van der Waals surface area contributed by atoms with Crippen LogP contribution in [0, 0.1) is 0 Å². The van der Waals surface area contributed by atoms with Crippen LogP contribution in [0.3, 0.4) is 0 Å². The van der Waals surface area contributed by atoms with E-state index in [1.54, 1.807) is 25.5 Å². The molecule has 0 spiro atoms. The molecular formula is C13H14N4O4. The lowest BCUT2D eigenvalue weighted by atomic mass is 10.2. The van der Waals surface area contributed by atoms with Crippen LogP contribution in [-0.2, 0) is 9.59 Å². The summed E-state index contributed by atoms with van der Waals surface area (Å²) < 4.78 is 5.04. The van der Waals surface area contributed by atoms with E-state index in [0.29, 0.717) is 0 Å². The summed E-state index contributed by atoms with van der Waals surface area (Å²) in [6, 6.07) is 6.29. The molecule has 1 unspecified atom stereocenters. The fourth-order valence-corrected chi connectivity index (χ4v) is 1.67. The van der Waals surface area contributed by atoms with Crippen LogP contribution in [0.15, 0.2) is 34.4 Å². The molecule has 0 saturated carbocycles. The molecule has 0 saturated heterocycles. The van der Waals surface area contributed by atoms with Crippen molar-refractivity contribution in [1.29, 1.82) is 0 Å². The zero-order chi connectivity index (χ0) is 15.2. The minimum Gasteiger partial charge on any atom is -0.497 e. The number of benzene rings is 1. The summed E-state index contributed by atoms with van der Waals surface area (Å²) in [5, 5.41) is 15.0. The van der Waals surface area contributed by atoms with Crippen molar-refractivity contribution in [2.24, 2.45) is 10.1 Å². The average molecular weight is 290 g/mol. The van der Waals surface area contributed by atoms with E-state index in [0.717, 1.165) is 11.3 Å². The highest BCUT2D eigenvalue weighted by Crippen LogP contribution is 2.09. The number of carbonyl (C=O) groups excluding carboxylic acids is 1. The predicted octanol–water partition coefficient (Wildman–Crippen LogP) is -0.0522. The maximum atomic E-state index is 11.4. The van der Waals surface area contributed by atoms with Crippen molar-refractivity contribution < 1.29 is 19.4 Å². The molecule has 2 rings (SSSR count). The molecule has 1 heterocycles. The Labute approximate surface area is 120 Å². The summed E-state index contributed by atoms with van der Waals surface area (Å²) in [4.78, 5) is 25.9. The average Bonchev–Trinajstić information content (AvgIpc) is 2.79. The molecule has 1 aromatic rings. The number of nitrogens with one attached hydrogen (secondary N) is 2. The van der Waals surface area contributed by atoms with Gasteiger partial charge in [-0.1, -0.05) is 0 Å². The Hall–Kier alpha value is -2.90. The standard InChI is InChI=1S/C13H14N4O4/c1-21-9-4-2-8(3-5-9)7-14-17-13-15-10(6-11(18)19)12(20)16-13/h2-5,7,10H,6H2,1H3,(H,18,19)(H2,15,16,17,20)/b14-7+. The molecule has 8 nitrogen and oxygen atoms in total. The third-order valence-corrected chi connectivity index (χ3v) is 2.70. The van der Waals surface area contributed by atoms with Crippen LogP contribution in [0.25, 0.3) is 0 Å². The lowest BCUT2D eigenvalue weighted by Crippen LogP contribution is -2.35. The topological polar surface area (TPSA) is 112 Å². The maximum Gasteiger partial charge on any atom is 0.306 e. The largest absolute Gasteiger partial charge is 0.497 e. The zero-order valence-electron chi connectivity index (χ0n) is 11.2. The van der Waals surface area contributed by atoms with Crippen molar-refractivity contribution in [3.63, 3.8) is 0 Å². The Bertz CT molecular complexity index is 595. The monoisotopic (exact) mass is 290 g/mol. The van der Waals surface area contributed by atoms with Crippen LogP contribution >= 0.6 is 0 Å². The van der Waals surface area contributed by atoms with Gasteiger partial charge in [-0.25, -0.2) is 10.4 Å². The second-order valence-corrected chi connectivity index (χ2v) is 4.22. The van der Waals surface area contributed by atoms with Crippen LogP contribution in [0.5, 0.6) is 5.75 Å². The second-order valence-electron chi connectivity index (χ2n) is 4.22. The predicted molar refractivity (Wildman–Crippen MR) is 75.3 cm³/mol. The first-order valence-corrected chi connectivity index (χ1v) is 6.12. The molecule has 1 amide bonds. The normalized spacial score (nSPS) is 17.5. The van der Waals surface area contributed by atoms with Crippen LogP contribution < -0.4 is 15.5 Å². The van der Waals surface area contributed by atoms with Gasteiger partial charge in [-0.05, 0) is 29.8 Å². The lowest BCUT2D eigenvalue weighted by Gasteiger charge is -2.00. The number of aliphatic carboxylic acids is 1. The Morgan fingerprint density at radius 2 is 2.24 bits per heavy atom. The van der Waals surface area contributed by atoms with E-state index in [-0.39, 0.29) is 12.4 Å². The van der Waals surface area contributed by atoms with Gasteiger partial charge in [0.05, 0.1) is 19.7 Å². The molecule has 8 heteroatoms. The maximum absolute atomic E-state index is 11.4. The molecule has 110 valence electrons. The highest BCUT2D eigenvalue weighted by molar-refractivity contribution is 6.06. The summed E-state index contributed by atoms with van der Waals surface area (Å²) in [6.07, 6.45) is 1.19. The Kier molecular flexibility index (Phi) is 4.50. The minimum atomic E-state index is -1.08. The van der Waals surface area contributed by atoms with Gasteiger partial charge in [-0.15, -0.1) is 0 Å². The van der Waals surface area contributed by atoms with E-state index in [4.69, 9.17) is 9.84 Å². The molecule has 21 heavy (non-hydrogen) atoms. The second kappa shape index (κ2) is 6.51. The third kappa shape index (κ3) is 4.03. The number of carboxylic acids is 1. The highest BCUT2D eigenvalue weighted by atomic mass is 16.5. The SMILES string of the molecule is COc1ccc(/C=N/NC2=NC(CC(=O)O)C(=O)N2)cc1. The van der Waals surface area contributed by atoms with Crippen molar-refractivity contribution in [2.75, 3.05) is 7.11 Å². The van der Waals surface area contributed by atoms with Crippen molar-refractivity contribution in [2.45, 2.75) is 12.5 Å². The molecular weight excluding hydrogens is 276 g/mol. The van der Waals surface area contributed by atoms with Crippen LogP contribution in [0.4, 0.5) is 0 Å². The molecule has 0 radical (unpaired) electrons. The number of guanidine groups is 1. The highest BCUT2D eigenvalue weighted by Gasteiger charge is 2.28. The summed E-state index contributed by atoms with van der Waals surface area (Å²) in [7, 11) is 1.58. The van der Waals surface area contributed by atoms with Gasteiger partial charge in [-0.3, -0.25) is 14.9 Å². The van der Waals surface area contributed by atoms with Crippen molar-refractivity contribution in [3.8, 4) is 5.75 Å². The number of ether oxygens (including phenoxy) is 1. The van der Waals surface area contributed by atoms with Gasteiger partial charge in [0, 0.05) is 0 Å². The van der Waals surface area contributed by atoms with E-state index in [2.05, 4.69) is 20.8 Å². The third-order valence-electron chi connectivity index (χ3n) is 2.70. The zero-order valence-corrected chi connectivity index (χ0v) is 11.2. The van der Waals surface area contributed by atoms with Gasteiger partial charge in [-0.2, -0.15) is 5.10 Å².